The van der Waals surface area contributed by atoms with Gasteiger partial charge in [0.15, 0.2) is 11.5 Å². The maximum Gasteiger partial charge on any atom is 0.180 e. The van der Waals surface area contributed by atoms with Crippen LogP contribution in [0.4, 0.5) is 5.69 Å². The van der Waals surface area contributed by atoms with Crippen LogP contribution in [-0.2, 0) is 0 Å². The van der Waals surface area contributed by atoms with Gasteiger partial charge >= 0.3 is 0 Å². The third-order valence-electron chi connectivity index (χ3n) is 6.71. The molecule has 7 rings (SSSR count). The molecule has 0 radical (unpaired) electrons. The Morgan fingerprint density at radius 1 is 1.00 bits per heavy atom. The number of fused-ring (bicyclic) bond motifs is 2. The predicted octanol–water partition coefficient (Wildman–Crippen LogP) is 4.69. The van der Waals surface area contributed by atoms with Gasteiger partial charge in [-0.15, -0.1) is 0 Å². The molecule has 1 aliphatic heterocycles. The van der Waals surface area contributed by atoms with Crippen molar-refractivity contribution < 1.29 is 0 Å². The SMILES string of the molecule is c1cc(N2CCCCC2)c2[nH]c(-c3n[nH]c4ccc(-c5cnn(C6CC6)c5)cc34)nc2n1. The highest BCUT2D eigenvalue weighted by molar-refractivity contribution is 5.96. The number of nitrogens with one attached hydrogen (secondary N) is 2. The van der Waals surface area contributed by atoms with E-state index >= 15 is 0 Å². The van der Waals surface area contributed by atoms with Crippen LogP contribution in [0.2, 0.25) is 0 Å². The summed E-state index contributed by atoms with van der Waals surface area (Å²) in [6, 6.07) is 9.04. The molecular formula is C24H24N8. The smallest absolute Gasteiger partial charge is 0.180 e. The number of aromatic amines is 2. The lowest BCUT2D eigenvalue weighted by molar-refractivity contribution is 0.578. The van der Waals surface area contributed by atoms with Crippen molar-refractivity contribution in [3.8, 4) is 22.6 Å². The third kappa shape index (κ3) is 2.90. The number of aromatic nitrogens is 7. The van der Waals surface area contributed by atoms with Crippen LogP contribution in [0.25, 0.3) is 44.7 Å². The molecule has 2 fully saturated rings. The van der Waals surface area contributed by atoms with Gasteiger partial charge in [-0.2, -0.15) is 10.2 Å². The van der Waals surface area contributed by atoms with Gasteiger partial charge in [0.25, 0.3) is 0 Å². The maximum absolute atomic E-state index is 4.81. The van der Waals surface area contributed by atoms with Gasteiger partial charge in [-0.25, -0.2) is 9.97 Å². The van der Waals surface area contributed by atoms with Gasteiger partial charge < -0.3 is 9.88 Å². The topological polar surface area (TPSA) is 91.3 Å². The lowest BCUT2D eigenvalue weighted by Crippen LogP contribution is -2.29. The summed E-state index contributed by atoms with van der Waals surface area (Å²) in [6.07, 6.45) is 12.2. The maximum atomic E-state index is 4.81. The van der Waals surface area contributed by atoms with Crippen LogP contribution in [0.3, 0.4) is 0 Å². The van der Waals surface area contributed by atoms with Crippen molar-refractivity contribution in [3.05, 3.63) is 42.9 Å². The molecule has 4 aromatic heterocycles. The number of pyridine rings is 1. The molecule has 0 atom stereocenters. The number of piperidine rings is 1. The molecule has 0 unspecified atom stereocenters. The minimum Gasteiger partial charge on any atom is -0.370 e. The number of nitrogens with zero attached hydrogens (tertiary/aromatic N) is 6. The molecule has 32 heavy (non-hydrogen) atoms. The van der Waals surface area contributed by atoms with E-state index in [9.17, 15) is 0 Å². The average molecular weight is 425 g/mol. The molecule has 2 aliphatic rings. The molecular weight excluding hydrogens is 400 g/mol. The van der Waals surface area contributed by atoms with Crippen molar-refractivity contribution in [1.29, 1.82) is 0 Å². The van der Waals surface area contributed by atoms with E-state index in [1.165, 1.54) is 37.8 Å². The van der Waals surface area contributed by atoms with E-state index in [0.29, 0.717) is 6.04 Å². The predicted molar refractivity (Wildman–Crippen MR) is 125 cm³/mol. The van der Waals surface area contributed by atoms with Gasteiger partial charge in [-0.05, 0) is 55.9 Å². The molecule has 2 N–H and O–H groups in total. The first-order valence-electron chi connectivity index (χ1n) is 11.5. The Balaban J connectivity index is 1.31. The number of anilines is 1. The molecule has 0 spiro atoms. The van der Waals surface area contributed by atoms with E-state index in [0.717, 1.165) is 57.8 Å². The Kier molecular flexibility index (Phi) is 3.88. The lowest BCUT2D eigenvalue weighted by atomic mass is 10.1. The first kappa shape index (κ1) is 17.9. The Morgan fingerprint density at radius 2 is 1.91 bits per heavy atom. The fraction of sp³-hybridized carbons (Fsp3) is 0.333. The summed E-state index contributed by atoms with van der Waals surface area (Å²) in [4.78, 5) is 15.3. The average Bonchev–Trinajstić information content (AvgIpc) is 3.24. The molecule has 0 amide bonds. The standard InChI is InChI=1S/C24H24N8/c1-2-10-31(11-3-1)20-8-9-25-23-22(20)27-24(28-23)21-18-12-15(4-7-19(18)29-30-21)16-13-26-32(14-16)17-5-6-17/h4,7-9,12-14,17H,1-3,5-6,10-11H2,(H,29,30)(H,25,27,28). The van der Waals surface area contributed by atoms with E-state index in [1.54, 1.807) is 0 Å². The zero-order chi connectivity index (χ0) is 21.1. The molecule has 8 heteroatoms. The lowest BCUT2D eigenvalue weighted by Gasteiger charge is -2.28. The normalized spacial score (nSPS) is 16.9. The van der Waals surface area contributed by atoms with Crippen LogP contribution in [0, 0.1) is 0 Å². The molecule has 1 aliphatic carbocycles. The van der Waals surface area contributed by atoms with Gasteiger partial charge in [0.05, 0.1) is 23.4 Å². The van der Waals surface area contributed by atoms with Gasteiger partial charge in [-0.3, -0.25) is 9.78 Å². The van der Waals surface area contributed by atoms with Crippen molar-refractivity contribution >= 4 is 27.8 Å². The Hall–Kier alpha value is -3.68. The largest absolute Gasteiger partial charge is 0.370 e. The minimum absolute atomic E-state index is 0.578. The molecule has 1 saturated carbocycles. The number of hydrogen-bond donors (Lipinski definition) is 2. The zero-order valence-electron chi connectivity index (χ0n) is 17.8. The second-order valence-corrected chi connectivity index (χ2v) is 8.93. The minimum atomic E-state index is 0.578. The molecule has 8 nitrogen and oxygen atoms in total. The summed E-state index contributed by atoms with van der Waals surface area (Å²) < 4.78 is 2.09. The van der Waals surface area contributed by atoms with Gasteiger partial charge in [-0.1, -0.05) is 6.07 Å². The van der Waals surface area contributed by atoms with Crippen molar-refractivity contribution in [3.63, 3.8) is 0 Å². The Labute approximate surface area is 184 Å². The van der Waals surface area contributed by atoms with E-state index in [1.807, 2.05) is 12.4 Å². The molecule has 5 heterocycles. The monoisotopic (exact) mass is 424 g/mol. The van der Waals surface area contributed by atoms with Gasteiger partial charge in [0.1, 0.15) is 11.2 Å². The van der Waals surface area contributed by atoms with E-state index in [4.69, 9.17) is 4.98 Å². The number of hydrogen-bond acceptors (Lipinski definition) is 5. The highest BCUT2D eigenvalue weighted by atomic mass is 15.3. The number of benzene rings is 1. The van der Waals surface area contributed by atoms with Crippen LogP contribution in [0.1, 0.15) is 38.1 Å². The molecule has 5 aromatic rings. The zero-order valence-corrected chi connectivity index (χ0v) is 17.8. The van der Waals surface area contributed by atoms with E-state index in [-0.39, 0.29) is 0 Å². The summed E-state index contributed by atoms with van der Waals surface area (Å²) in [6.45, 7) is 2.16. The van der Waals surface area contributed by atoms with Crippen molar-refractivity contribution in [2.24, 2.45) is 0 Å². The second kappa shape index (κ2) is 6.91. The number of H-pyrrole nitrogens is 2. The fourth-order valence-electron chi connectivity index (χ4n) is 4.81. The van der Waals surface area contributed by atoms with Crippen molar-refractivity contribution in [1.82, 2.24) is 34.9 Å². The van der Waals surface area contributed by atoms with Crippen LogP contribution in [0.15, 0.2) is 42.9 Å². The first-order valence-corrected chi connectivity index (χ1v) is 11.5. The first-order chi connectivity index (χ1) is 15.8. The number of imidazole rings is 1. The van der Waals surface area contributed by atoms with E-state index < -0.39 is 0 Å². The summed E-state index contributed by atoms with van der Waals surface area (Å²) in [5.74, 6) is 0.744. The third-order valence-corrected chi connectivity index (χ3v) is 6.71. The van der Waals surface area contributed by atoms with Crippen LogP contribution in [0.5, 0.6) is 0 Å². The summed E-state index contributed by atoms with van der Waals surface area (Å²) in [5, 5.41) is 13.3. The highest BCUT2D eigenvalue weighted by Gasteiger charge is 2.24. The highest BCUT2D eigenvalue weighted by Crippen LogP contribution is 2.36. The summed E-state index contributed by atoms with van der Waals surface area (Å²) in [7, 11) is 0. The molecule has 0 bridgehead atoms. The number of rotatable bonds is 4. The second-order valence-electron chi connectivity index (χ2n) is 8.93. The molecule has 160 valence electrons. The van der Waals surface area contributed by atoms with Crippen LogP contribution >= 0.6 is 0 Å². The Bertz CT molecular complexity index is 1430. The van der Waals surface area contributed by atoms with E-state index in [2.05, 4.69) is 65.3 Å². The van der Waals surface area contributed by atoms with Crippen LogP contribution < -0.4 is 4.90 Å². The Morgan fingerprint density at radius 3 is 2.78 bits per heavy atom. The van der Waals surface area contributed by atoms with Crippen LogP contribution in [-0.4, -0.2) is 48.0 Å². The molecule has 1 aromatic carbocycles. The summed E-state index contributed by atoms with van der Waals surface area (Å²) in [5.41, 5.74) is 6.98. The van der Waals surface area contributed by atoms with Gasteiger partial charge in [0.2, 0.25) is 0 Å². The summed E-state index contributed by atoms with van der Waals surface area (Å²) >= 11 is 0. The fourth-order valence-corrected chi connectivity index (χ4v) is 4.81. The molecule has 1 saturated heterocycles. The van der Waals surface area contributed by atoms with Crippen molar-refractivity contribution in [2.75, 3.05) is 18.0 Å². The van der Waals surface area contributed by atoms with Crippen molar-refractivity contribution in [2.45, 2.75) is 38.1 Å². The quantitative estimate of drug-likeness (QED) is 0.437. The van der Waals surface area contributed by atoms with Gasteiger partial charge in [0, 0.05) is 36.4 Å².